The minimum absolute atomic E-state index is 0.195. The lowest BCUT2D eigenvalue weighted by Gasteiger charge is -2.07. The first-order chi connectivity index (χ1) is 10.1. The number of hydrogen-bond donors (Lipinski definition) is 2. The van der Waals surface area contributed by atoms with E-state index in [0.717, 1.165) is 11.1 Å². The molecule has 1 heterocycles. The highest BCUT2D eigenvalue weighted by Gasteiger charge is 2.08. The molecule has 0 atom stereocenters. The van der Waals surface area contributed by atoms with E-state index in [1.54, 1.807) is 24.3 Å². The molecule has 2 aromatic rings. The standard InChI is InChI=1S/C16H18N4O/c1-4-9-17-14-7-8-15(20-19-14)18-16(21)13-6-5-11(2)12(3)10-13/h4-8,10H,1,9H2,2-3H3,(H,17,19)(H,18,20,21). The van der Waals surface area contributed by atoms with Crippen LogP contribution in [0, 0.1) is 13.8 Å². The van der Waals surface area contributed by atoms with Crippen LogP contribution in [0.4, 0.5) is 11.6 Å². The third kappa shape index (κ3) is 3.89. The molecule has 0 aliphatic heterocycles. The fraction of sp³-hybridized carbons (Fsp3) is 0.188. The average Bonchev–Trinajstić information content (AvgIpc) is 2.49. The maximum atomic E-state index is 12.1. The van der Waals surface area contributed by atoms with Crippen molar-refractivity contribution in [2.75, 3.05) is 17.2 Å². The number of rotatable bonds is 5. The van der Waals surface area contributed by atoms with Gasteiger partial charge in [0.1, 0.15) is 5.82 Å². The average molecular weight is 282 g/mol. The number of carbonyl (C=O) groups excluding carboxylic acids is 1. The highest BCUT2D eigenvalue weighted by atomic mass is 16.1. The lowest BCUT2D eigenvalue weighted by atomic mass is 10.1. The summed E-state index contributed by atoms with van der Waals surface area (Å²) in [6.07, 6.45) is 1.73. The molecule has 0 radical (unpaired) electrons. The SMILES string of the molecule is C=CCNc1ccc(NC(=O)c2ccc(C)c(C)c2)nn1. The molecule has 2 rings (SSSR count). The zero-order chi connectivity index (χ0) is 15.2. The number of hydrogen-bond acceptors (Lipinski definition) is 4. The Labute approximate surface area is 124 Å². The Bertz CT molecular complexity index is 650. The van der Waals surface area contributed by atoms with Gasteiger partial charge in [-0.2, -0.15) is 0 Å². The topological polar surface area (TPSA) is 66.9 Å². The van der Waals surface area contributed by atoms with Gasteiger partial charge in [0.05, 0.1) is 0 Å². The van der Waals surface area contributed by atoms with Crippen molar-refractivity contribution in [3.8, 4) is 0 Å². The summed E-state index contributed by atoms with van der Waals surface area (Å²) in [5.74, 6) is 0.862. The predicted molar refractivity (Wildman–Crippen MR) is 84.6 cm³/mol. The Kier molecular flexibility index (Phi) is 4.66. The molecule has 0 fully saturated rings. The van der Waals surface area contributed by atoms with Crippen LogP contribution >= 0.6 is 0 Å². The second-order valence-electron chi connectivity index (χ2n) is 4.73. The lowest BCUT2D eigenvalue weighted by Crippen LogP contribution is -2.14. The van der Waals surface area contributed by atoms with E-state index in [-0.39, 0.29) is 5.91 Å². The molecule has 0 spiro atoms. The Morgan fingerprint density at radius 3 is 2.48 bits per heavy atom. The minimum Gasteiger partial charge on any atom is -0.365 e. The van der Waals surface area contributed by atoms with Crippen LogP contribution in [0.1, 0.15) is 21.5 Å². The molecule has 1 aromatic carbocycles. The summed E-state index contributed by atoms with van der Waals surface area (Å²) in [6, 6.07) is 9.05. The Balaban J connectivity index is 2.05. The molecule has 0 bridgehead atoms. The summed E-state index contributed by atoms with van der Waals surface area (Å²) >= 11 is 0. The molecule has 0 aliphatic rings. The summed E-state index contributed by atoms with van der Waals surface area (Å²) in [6.45, 7) is 8.22. The van der Waals surface area contributed by atoms with Crippen LogP contribution in [-0.2, 0) is 0 Å². The molecule has 0 saturated heterocycles. The summed E-state index contributed by atoms with van der Waals surface area (Å²) in [7, 11) is 0. The smallest absolute Gasteiger partial charge is 0.256 e. The van der Waals surface area contributed by atoms with Gasteiger partial charge in [-0.05, 0) is 49.2 Å². The fourth-order valence-electron chi connectivity index (χ4n) is 1.74. The molecule has 2 N–H and O–H groups in total. The first-order valence-electron chi connectivity index (χ1n) is 6.67. The van der Waals surface area contributed by atoms with Crippen LogP contribution in [-0.4, -0.2) is 22.6 Å². The molecule has 0 unspecified atom stereocenters. The Hall–Kier alpha value is -2.69. The van der Waals surface area contributed by atoms with Gasteiger partial charge in [-0.25, -0.2) is 0 Å². The lowest BCUT2D eigenvalue weighted by molar-refractivity contribution is 0.102. The van der Waals surface area contributed by atoms with E-state index in [9.17, 15) is 4.79 Å². The van der Waals surface area contributed by atoms with Crippen LogP contribution < -0.4 is 10.6 Å². The van der Waals surface area contributed by atoms with Gasteiger partial charge in [0.15, 0.2) is 5.82 Å². The number of aromatic nitrogens is 2. The van der Waals surface area contributed by atoms with Crippen LogP contribution in [0.2, 0.25) is 0 Å². The molecule has 0 aliphatic carbocycles. The number of carbonyl (C=O) groups is 1. The maximum absolute atomic E-state index is 12.1. The molecule has 0 saturated carbocycles. The number of aryl methyl sites for hydroxylation is 2. The highest BCUT2D eigenvalue weighted by molar-refractivity contribution is 6.03. The fourth-order valence-corrected chi connectivity index (χ4v) is 1.74. The van der Waals surface area contributed by atoms with Crippen molar-refractivity contribution >= 4 is 17.5 Å². The number of nitrogens with one attached hydrogen (secondary N) is 2. The van der Waals surface area contributed by atoms with Gasteiger partial charge in [-0.1, -0.05) is 12.1 Å². The van der Waals surface area contributed by atoms with Gasteiger partial charge in [0.2, 0.25) is 0 Å². The van der Waals surface area contributed by atoms with Gasteiger partial charge >= 0.3 is 0 Å². The summed E-state index contributed by atoms with van der Waals surface area (Å²) in [5.41, 5.74) is 2.84. The van der Waals surface area contributed by atoms with Crippen molar-refractivity contribution in [2.45, 2.75) is 13.8 Å². The van der Waals surface area contributed by atoms with Gasteiger partial charge in [-0.3, -0.25) is 4.79 Å². The quantitative estimate of drug-likeness (QED) is 0.827. The van der Waals surface area contributed by atoms with Crippen molar-refractivity contribution in [2.24, 2.45) is 0 Å². The van der Waals surface area contributed by atoms with Gasteiger partial charge < -0.3 is 10.6 Å². The summed E-state index contributed by atoms with van der Waals surface area (Å²) in [4.78, 5) is 12.1. The number of nitrogens with zero attached hydrogens (tertiary/aromatic N) is 2. The van der Waals surface area contributed by atoms with E-state index < -0.39 is 0 Å². The third-order valence-electron chi connectivity index (χ3n) is 3.10. The highest BCUT2D eigenvalue weighted by Crippen LogP contribution is 2.12. The van der Waals surface area contributed by atoms with E-state index in [2.05, 4.69) is 27.4 Å². The van der Waals surface area contributed by atoms with Gasteiger partial charge in [-0.15, -0.1) is 16.8 Å². The van der Waals surface area contributed by atoms with Crippen molar-refractivity contribution < 1.29 is 4.79 Å². The first-order valence-corrected chi connectivity index (χ1v) is 6.67. The van der Waals surface area contributed by atoms with Crippen molar-refractivity contribution in [3.05, 3.63) is 59.7 Å². The van der Waals surface area contributed by atoms with Crippen LogP contribution in [0.15, 0.2) is 43.0 Å². The second kappa shape index (κ2) is 6.65. The summed E-state index contributed by atoms with van der Waals surface area (Å²) < 4.78 is 0. The Morgan fingerprint density at radius 2 is 1.86 bits per heavy atom. The molecular weight excluding hydrogens is 264 g/mol. The van der Waals surface area contributed by atoms with E-state index in [1.165, 1.54) is 0 Å². The zero-order valence-electron chi connectivity index (χ0n) is 12.2. The molecule has 108 valence electrons. The van der Waals surface area contributed by atoms with E-state index in [4.69, 9.17) is 0 Å². The van der Waals surface area contributed by atoms with E-state index in [1.807, 2.05) is 26.0 Å². The van der Waals surface area contributed by atoms with Gasteiger partial charge in [0, 0.05) is 12.1 Å². The third-order valence-corrected chi connectivity index (χ3v) is 3.10. The molecule has 1 aromatic heterocycles. The normalized spacial score (nSPS) is 10.0. The van der Waals surface area contributed by atoms with Crippen molar-refractivity contribution in [1.82, 2.24) is 10.2 Å². The first kappa shape index (κ1) is 14.7. The zero-order valence-corrected chi connectivity index (χ0v) is 12.2. The Morgan fingerprint density at radius 1 is 1.14 bits per heavy atom. The minimum atomic E-state index is -0.195. The predicted octanol–water partition coefficient (Wildman–Crippen LogP) is 2.94. The van der Waals surface area contributed by atoms with Crippen molar-refractivity contribution in [1.29, 1.82) is 0 Å². The molecule has 21 heavy (non-hydrogen) atoms. The molecular formula is C16H18N4O. The molecule has 5 heteroatoms. The van der Waals surface area contributed by atoms with Crippen molar-refractivity contribution in [3.63, 3.8) is 0 Å². The number of amides is 1. The van der Waals surface area contributed by atoms with E-state index >= 15 is 0 Å². The molecule has 5 nitrogen and oxygen atoms in total. The second-order valence-corrected chi connectivity index (χ2v) is 4.73. The largest absolute Gasteiger partial charge is 0.365 e. The van der Waals surface area contributed by atoms with Crippen LogP contribution in [0.25, 0.3) is 0 Å². The maximum Gasteiger partial charge on any atom is 0.256 e. The number of anilines is 2. The van der Waals surface area contributed by atoms with E-state index in [0.29, 0.717) is 23.7 Å². The van der Waals surface area contributed by atoms with Gasteiger partial charge in [0.25, 0.3) is 5.91 Å². The van der Waals surface area contributed by atoms with Crippen LogP contribution in [0.3, 0.4) is 0 Å². The monoisotopic (exact) mass is 282 g/mol. The van der Waals surface area contributed by atoms with Crippen LogP contribution in [0.5, 0.6) is 0 Å². The number of benzene rings is 1. The molecule has 1 amide bonds. The summed E-state index contributed by atoms with van der Waals surface area (Å²) in [5, 5.41) is 13.7.